The number of nitrogens with one attached hydrogen (secondary N) is 3. The maximum Gasteiger partial charge on any atom is 0.251 e. The number of rotatable bonds is 7. The first kappa shape index (κ1) is 19.7. The molecule has 3 N–H and O–H groups in total. The first-order valence-electron chi connectivity index (χ1n) is 8.75. The molecular formula is C19H21N5O3S. The molecule has 2 aromatic heterocycles. The van der Waals surface area contributed by atoms with Gasteiger partial charge in [0.2, 0.25) is 10.0 Å². The molecule has 0 atom stereocenters. The molecule has 0 unspecified atom stereocenters. The van der Waals surface area contributed by atoms with Crippen LogP contribution in [0.2, 0.25) is 0 Å². The van der Waals surface area contributed by atoms with Crippen molar-refractivity contribution in [2.24, 2.45) is 0 Å². The highest BCUT2D eigenvalue weighted by Crippen LogP contribution is 2.18. The summed E-state index contributed by atoms with van der Waals surface area (Å²) in [6.07, 6.45) is 2.27. The highest BCUT2D eigenvalue weighted by molar-refractivity contribution is 7.89. The summed E-state index contributed by atoms with van der Waals surface area (Å²) >= 11 is 0. The predicted molar refractivity (Wildman–Crippen MR) is 107 cm³/mol. The Hall–Kier alpha value is -3.04. The van der Waals surface area contributed by atoms with Crippen molar-refractivity contribution < 1.29 is 8.42 Å². The Bertz CT molecular complexity index is 1120. The second-order valence-electron chi connectivity index (χ2n) is 6.04. The van der Waals surface area contributed by atoms with Gasteiger partial charge in [0.15, 0.2) is 0 Å². The van der Waals surface area contributed by atoms with E-state index in [0.29, 0.717) is 41.4 Å². The van der Waals surface area contributed by atoms with E-state index in [1.54, 1.807) is 42.6 Å². The van der Waals surface area contributed by atoms with Gasteiger partial charge in [0.1, 0.15) is 11.6 Å². The molecule has 3 aromatic rings. The van der Waals surface area contributed by atoms with Gasteiger partial charge in [-0.2, -0.15) is 0 Å². The normalized spacial score (nSPS) is 11.4. The molecule has 0 aliphatic heterocycles. The van der Waals surface area contributed by atoms with Crippen molar-refractivity contribution in [2.75, 3.05) is 12.4 Å². The van der Waals surface area contributed by atoms with E-state index >= 15 is 0 Å². The second kappa shape index (κ2) is 8.32. The molecule has 0 aliphatic carbocycles. The van der Waals surface area contributed by atoms with E-state index in [9.17, 15) is 13.2 Å². The van der Waals surface area contributed by atoms with Gasteiger partial charge in [-0.3, -0.25) is 4.79 Å². The molecule has 0 fully saturated rings. The summed E-state index contributed by atoms with van der Waals surface area (Å²) in [6.45, 7) is 2.23. The minimum absolute atomic E-state index is 0.202. The quantitative estimate of drug-likeness (QED) is 0.559. The minimum atomic E-state index is -3.54. The van der Waals surface area contributed by atoms with Crippen molar-refractivity contribution in [3.05, 3.63) is 70.3 Å². The lowest BCUT2D eigenvalue weighted by Crippen LogP contribution is -2.20. The smallest absolute Gasteiger partial charge is 0.251 e. The number of pyridine rings is 1. The van der Waals surface area contributed by atoms with Crippen LogP contribution >= 0.6 is 0 Å². The highest BCUT2D eigenvalue weighted by Gasteiger charge is 2.15. The van der Waals surface area contributed by atoms with Crippen LogP contribution in [0.15, 0.2) is 58.4 Å². The number of aryl methyl sites for hydroxylation is 1. The summed E-state index contributed by atoms with van der Waals surface area (Å²) in [6, 6.07) is 11.8. The lowest BCUT2D eigenvalue weighted by Gasteiger charge is -2.11. The van der Waals surface area contributed by atoms with Crippen molar-refractivity contribution in [1.82, 2.24) is 19.7 Å². The number of anilines is 1. The number of H-pyrrole nitrogens is 1. The molecule has 2 heterocycles. The van der Waals surface area contributed by atoms with Gasteiger partial charge in [-0.15, -0.1) is 0 Å². The van der Waals surface area contributed by atoms with E-state index in [1.807, 2.05) is 6.92 Å². The van der Waals surface area contributed by atoms with Gasteiger partial charge in [-0.1, -0.05) is 25.1 Å². The van der Waals surface area contributed by atoms with E-state index in [-0.39, 0.29) is 10.5 Å². The number of benzene rings is 1. The molecule has 146 valence electrons. The van der Waals surface area contributed by atoms with Crippen molar-refractivity contribution in [1.29, 1.82) is 0 Å². The average molecular weight is 399 g/mol. The fraction of sp³-hybridized carbons (Fsp3) is 0.211. The van der Waals surface area contributed by atoms with Gasteiger partial charge >= 0.3 is 0 Å². The van der Waals surface area contributed by atoms with E-state index < -0.39 is 10.0 Å². The summed E-state index contributed by atoms with van der Waals surface area (Å²) < 4.78 is 26.6. The fourth-order valence-electron chi connectivity index (χ4n) is 2.67. The standard InChI is InChI=1S/C19H21N5O3S/c1-3-15-10-18(25)24-19(23-15)14-8-9-17(22-12-14)21-11-13-6-4-5-7-16(13)28(26,27)20-2/h4-10,12,20H,3,11H2,1-2H3,(H,21,22)(H,23,24,25). The van der Waals surface area contributed by atoms with Crippen molar-refractivity contribution >= 4 is 15.8 Å². The summed E-state index contributed by atoms with van der Waals surface area (Å²) in [5, 5.41) is 3.11. The van der Waals surface area contributed by atoms with Crippen LogP contribution in [0.5, 0.6) is 0 Å². The average Bonchev–Trinajstić information content (AvgIpc) is 2.72. The molecule has 0 bridgehead atoms. The van der Waals surface area contributed by atoms with Gasteiger partial charge in [-0.25, -0.2) is 23.1 Å². The van der Waals surface area contributed by atoms with Gasteiger partial charge in [0.05, 0.1) is 4.90 Å². The lowest BCUT2D eigenvalue weighted by atomic mass is 10.2. The zero-order valence-corrected chi connectivity index (χ0v) is 16.4. The van der Waals surface area contributed by atoms with Crippen molar-refractivity contribution in [3.8, 4) is 11.4 Å². The molecule has 28 heavy (non-hydrogen) atoms. The third-order valence-corrected chi connectivity index (χ3v) is 5.70. The second-order valence-corrected chi connectivity index (χ2v) is 7.89. The van der Waals surface area contributed by atoms with Crippen LogP contribution in [0.3, 0.4) is 0 Å². The zero-order chi connectivity index (χ0) is 20.1. The Labute approximate surface area is 163 Å². The molecular weight excluding hydrogens is 378 g/mol. The maximum absolute atomic E-state index is 12.1. The van der Waals surface area contributed by atoms with E-state index in [0.717, 1.165) is 0 Å². The number of nitrogens with zero attached hydrogens (tertiary/aromatic N) is 2. The van der Waals surface area contributed by atoms with Crippen LogP contribution < -0.4 is 15.6 Å². The predicted octanol–water partition coefficient (Wildman–Crippen LogP) is 1.91. The largest absolute Gasteiger partial charge is 0.366 e. The highest BCUT2D eigenvalue weighted by atomic mass is 32.2. The number of hydrogen-bond donors (Lipinski definition) is 3. The molecule has 0 radical (unpaired) electrons. The summed E-state index contributed by atoms with van der Waals surface area (Å²) in [7, 11) is -2.16. The molecule has 0 amide bonds. The van der Waals surface area contributed by atoms with Crippen LogP contribution in [-0.2, 0) is 23.0 Å². The van der Waals surface area contributed by atoms with E-state index in [4.69, 9.17) is 0 Å². The number of aromatic amines is 1. The number of sulfonamides is 1. The monoisotopic (exact) mass is 399 g/mol. The molecule has 1 aromatic carbocycles. The molecule has 0 saturated carbocycles. The Kier molecular flexibility index (Phi) is 5.86. The van der Waals surface area contributed by atoms with Gasteiger partial charge in [-0.05, 0) is 37.2 Å². The van der Waals surface area contributed by atoms with Crippen molar-refractivity contribution in [2.45, 2.75) is 24.8 Å². The molecule has 8 nitrogen and oxygen atoms in total. The van der Waals surface area contributed by atoms with Gasteiger partial charge in [0.25, 0.3) is 5.56 Å². The third kappa shape index (κ3) is 4.44. The van der Waals surface area contributed by atoms with E-state index in [2.05, 4.69) is 25.0 Å². The SMILES string of the molecule is CCc1cc(=O)[nH]c(-c2ccc(NCc3ccccc3S(=O)(=O)NC)nc2)n1. The maximum atomic E-state index is 12.1. The Morgan fingerprint density at radius 1 is 1.14 bits per heavy atom. The molecule has 9 heteroatoms. The lowest BCUT2D eigenvalue weighted by molar-refractivity contribution is 0.587. The Balaban J connectivity index is 1.78. The topological polar surface area (TPSA) is 117 Å². The van der Waals surface area contributed by atoms with Crippen LogP contribution in [0.25, 0.3) is 11.4 Å². The van der Waals surface area contributed by atoms with Crippen LogP contribution in [0.4, 0.5) is 5.82 Å². The van der Waals surface area contributed by atoms with Crippen LogP contribution in [0.1, 0.15) is 18.2 Å². The van der Waals surface area contributed by atoms with Gasteiger partial charge < -0.3 is 10.3 Å². The first-order valence-corrected chi connectivity index (χ1v) is 10.2. The Morgan fingerprint density at radius 3 is 2.61 bits per heavy atom. The third-order valence-electron chi connectivity index (χ3n) is 4.18. The van der Waals surface area contributed by atoms with Gasteiger partial charge in [0, 0.05) is 30.1 Å². The number of hydrogen-bond acceptors (Lipinski definition) is 6. The summed E-state index contributed by atoms with van der Waals surface area (Å²) in [5.74, 6) is 1.04. The van der Waals surface area contributed by atoms with Crippen molar-refractivity contribution in [3.63, 3.8) is 0 Å². The van der Waals surface area contributed by atoms with Crippen LogP contribution in [-0.4, -0.2) is 30.4 Å². The first-order chi connectivity index (χ1) is 13.4. The molecule has 3 rings (SSSR count). The summed E-state index contributed by atoms with van der Waals surface area (Å²) in [5.41, 5.74) is 1.83. The Morgan fingerprint density at radius 2 is 1.93 bits per heavy atom. The summed E-state index contributed by atoms with van der Waals surface area (Å²) in [4.78, 5) is 23.4. The minimum Gasteiger partial charge on any atom is -0.366 e. The number of aromatic nitrogens is 3. The van der Waals surface area contributed by atoms with Crippen LogP contribution in [0, 0.1) is 0 Å². The molecule has 0 spiro atoms. The van der Waals surface area contributed by atoms with E-state index in [1.165, 1.54) is 13.1 Å². The molecule has 0 saturated heterocycles. The fourth-order valence-corrected chi connectivity index (χ4v) is 3.64. The molecule has 0 aliphatic rings. The zero-order valence-electron chi connectivity index (χ0n) is 15.6.